The van der Waals surface area contributed by atoms with E-state index >= 15 is 0 Å². The van der Waals surface area contributed by atoms with Crippen molar-refractivity contribution in [1.29, 1.82) is 0 Å². The van der Waals surface area contributed by atoms with E-state index in [1.54, 1.807) is 20.8 Å². The third kappa shape index (κ3) is 3.88. The summed E-state index contributed by atoms with van der Waals surface area (Å²) in [6, 6.07) is 5.91. The maximum Gasteiger partial charge on any atom is 0.412 e. The molecular formula is C14H17N3O4. The number of rotatable bonds is 2. The van der Waals surface area contributed by atoms with Crippen molar-refractivity contribution in [2.45, 2.75) is 26.4 Å². The van der Waals surface area contributed by atoms with E-state index in [2.05, 4.69) is 10.5 Å². The van der Waals surface area contributed by atoms with E-state index < -0.39 is 11.7 Å². The third-order valence-corrected chi connectivity index (χ3v) is 2.43. The van der Waals surface area contributed by atoms with Gasteiger partial charge < -0.3 is 20.1 Å². The number of nitrogens with two attached hydrogens (primary N) is 1. The molecule has 0 atom stereocenters. The van der Waals surface area contributed by atoms with Crippen LogP contribution in [0.3, 0.4) is 0 Å². The van der Waals surface area contributed by atoms with Crippen LogP contribution in [0.25, 0.3) is 11.3 Å². The third-order valence-electron chi connectivity index (χ3n) is 2.43. The molecule has 1 aromatic carbocycles. The predicted octanol–water partition coefficient (Wildman–Crippen LogP) is 2.98. The van der Waals surface area contributed by atoms with Crippen LogP contribution < -0.4 is 11.1 Å². The Morgan fingerprint density at radius 3 is 2.67 bits per heavy atom. The number of phenols is 1. The van der Waals surface area contributed by atoms with Crippen molar-refractivity contribution >= 4 is 17.6 Å². The van der Waals surface area contributed by atoms with E-state index in [0.29, 0.717) is 17.0 Å². The fraction of sp³-hybridized carbons (Fsp3) is 0.286. The number of aromatic nitrogens is 1. The standard InChI is InChI=1S/C14H17N3O4/c1-14(2,3)20-13(19)16-10-5-4-8(18)6-9(10)11-7-12(15)17-21-11/h4-7,18H,1-3H3,(H2,15,17)(H,16,19). The van der Waals surface area contributed by atoms with E-state index in [1.165, 1.54) is 24.3 Å². The van der Waals surface area contributed by atoms with Crippen LogP contribution in [0.2, 0.25) is 0 Å². The number of carbonyl (C=O) groups is 1. The molecule has 2 rings (SSSR count). The van der Waals surface area contributed by atoms with Gasteiger partial charge in [0.2, 0.25) is 0 Å². The average Bonchev–Trinajstić information content (AvgIpc) is 2.75. The molecule has 21 heavy (non-hydrogen) atoms. The lowest BCUT2D eigenvalue weighted by molar-refractivity contribution is 0.0636. The zero-order chi connectivity index (χ0) is 15.6. The van der Waals surface area contributed by atoms with Gasteiger partial charge in [0.25, 0.3) is 0 Å². The summed E-state index contributed by atoms with van der Waals surface area (Å²) in [6.07, 6.45) is -0.609. The Bertz CT molecular complexity index is 658. The Morgan fingerprint density at radius 1 is 1.38 bits per heavy atom. The first-order chi connectivity index (χ1) is 9.74. The zero-order valence-electron chi connectivity index (χ0n) is 12.0. The van der Waals surface area contributed by atoms with Gasteiger partial charge in [0.1, 0.15) is 11.4 Å². The molecule has 1 amide bonds. The van der Waals surface area contributed by atoms with Gasteiger partial charge in [-0.1, -0.05) is 5.16 Å². The van der Waals surface area contributed by atoms with Crippen molar-refractivity contribution in [3.63, 3.8) is 0 Å². The summed E-state index contributed by atoms with van der Waals surface area (Å²) in [5.41, 5.74) is 5.76. The van der Waals surface area contributed by atoms with Gasteiger partial charge in [0, 0.05) is 11.6 Å². The quantitative estimate of drug-likeness (QED) is 0.733. The van der Waals surface area contributed by atoms with E-state index in [4.69, 9.17) is 15.0 Å². The van der Waals surface area contributed by atoms with Crippen molar-refractivity contribution in [2.24, 2.45) is 0 Å². The summed E-state index contributed by atoms with van der Waals surface area (Å²) in [4.78, 5) is 11.8. The fourth-order valence-electron chi connectivity index (χ4n) is 1.67. The number of carbonyl (C=O) groups excluding carboxylic acids is 1. The Balaban J connectivity index is 2.30. The number of ether oxygens (including phenoxy) is 1. The van der Waals surface area contributed by atoms with Gasteiger partial charge in [-0.05, 0) is 39.0 Å². The van der Waals surface area contributed by atoms with Crippen molar-refractivity contribution in [1.82, 2.24) is 5.16 Å². The summed E-state index contributed by atoms with van der Waals surface area (Å²) < 4.78 is 10.2. The van der Waals surface area contributed by atoms with Crippen LogP contribution in [-0.4, -0.2) is 22.0 Å². The molecule has 0 aliphatic carbocycles. The highest BCUT2D eigenvalue weighted by molar-refractivity contribution is 5.91. The van der Waals surface area contributed by atoms with Crippen LogP contribution in [0.1, 0.15) is 20.8 Å². The van der Waals surface area contributed by atoms with Gasteiger partial charge >= 0.3 is 6.09 Å². The summed E-state index contributed by atoms with van der Waals surface area (Å²) in [5.74, 6) is 0.556. The molecule has 0 aliphatic rings. The molecule has 2 aromatic rings. The topological polar surface area (TPSA) is 111 Å². The predicted molar refractivity (Wildman–Crippen MR) is 77.9 cm³/mol. The van der Waals surface area contributed by atoms with Crippen LogP contribution in [0.5, 0.6) is 5.75 Å². The summed E-state index contributed by atoms with van der Waals surface area (Å²) in [5, 5.41) is 15.8. The summed E-state index contributed by atoms with van der Waals surface area (Å²) in [6.45, 7) is 5.30. The van der Waals surface area contributed by atoms with Gasteiger partial charge in [-0.2, -0.15) is 0 Å². The van der Waals surface area contributed by atoms with E-state index in [1.807, 2.05) is 0 Å². The second kappa shape index (κ2) is 5.35. The van der Waals surface area contributed by atoms with Crippen LogP contribution >= 0.6 is 0 Å². The SMILES string of the molecule is CC(C)(C)OC(=O)Nc1ccc(O)cc1-c1cc(N)no1. The van der Waals surface area contributed by atoms with Gasteiger partial charge in [0.05, 0.1) is 5.69 Å². The second-order valence-corrected chi connectivity index (χ2v) is 5.47. The minimum absolute atomic E-state index is 0.0229. The molecule has 0 bridgehead atoms. The van der Waals surface area contributed by atoms with E-state index in [9.17, 15) is 9.90 Å². The van der Waals surface area contributed by atoms with Gasteiger partial charge in [-0.15, -0.1) is 0 Å². The van der Waals surface area contributed by atoms with E-state index in [0.717, 1.165) is 0 Å². The van der Waals surface area contributed by atoms with Crippen LogP contribution in [0.4, 0.5) is 16.3 Å². The monoisotopic (exact) mass is 291 g/mol. The maximum atomic E-state index is 11.8. The minimum atomic E-state index is -0.613. The number of anilines is 2. The lowest BCUT2D eigenvalue weighted by Crippen LogP contribution is -2.27. The van der Waals surface area contributed by atoms with Crippen LogP contribution in [0.15, 0.2) is 28.8 Å². The molecular weight excluding hydrogens is 274 g/mol. The molecule has 0 unspecified atom stereocenters. The molecule has 1 heterocycles. The number of nitrogens with zero attached hydrogens (tertiary/aromatic N) is 1. The Morgan fingerprint density at radius 2 is 2.10 bits per heavy atom. The smallest absolute Gasteiger partial charge is 0.412 e. The minimum Gasteiger partial charge on any atom is -0.508 e. The van der Waals surface area contributed by atoms with Crippen molar-refractivity contribution in [3.05, 3.63) is 24.3 Å². The second-order valence-electron chi connectivity index (χ2n) is 5.47. The molecule has 0 saturated heterocycles. The first-order valence-electron chi connectivity index (χ1n) is 6.30. The summed E-state index contributed by atoms with van der Waals surface area (Å²) in [7, 11) is 0. The van der Waals surface area contributed by atoms with Gasteiger partial charge in [-0.25, -0.2) is 4.79 Å². The Hall–Kier alpha value is -2.70. The van der Waals surface area contributed by atoms with Crippen molar-refractivity contribution in [2.75, 3.05) is 11.1 Å². The molecule has 0 saturated carbocycles. The van der Waals surface area contributed by atoms with E-state index in [-0.39, 0.29) is 11.6 Å². The molecule has 0 radical (unpaired) electrons. The Labute approximate surface area is 121 Å². The summed E-state index contributed by atoms with van der Waals surface area (Å²) >= 11 is 0. The van der Waals surface area contributed by atoms with Crippen molar-refractivity contribution in [3.8, 4) is 17.1 Å². The number of benzene rings is 1. The zero-order valence-corrected chi connectivity index (χ0v) is 12.0. The molecule has 112 valence electrons. The molecule has 1 aromatic heterocycles. The fourth-order valence-corrected chi connectivity index (χ4v) is 1.67. The Kier molecular flexibility index (Phi) is 3.75. The highest BCUT2D eigenvalue weighted by Gasteiger charge is 2.19. The number of amides is 1. The molecule has 7 nitrogen and oxygen atoms in total. The molecule has 0 spiro atoms. The lowest BCUT2D eigenvalue weighted by Gasteiger charge is -2.20. The lowest BCUT2D eigenvalue weighted by atomic mass is 10.1. The molecule has 0 fully saturated rings. The average molecular weight is 291 g/mol. The molecule has 4 N–H and O–H groups in total. The number of aromatic hydroxyl groups is 1. The molecule has 0 aliphatic heterocycles. The first kappa shape index (κ1) is 14.7. The first-order valence-corrected chi connectivity index (χ1v) is 6.30. The number of nitrogen functional groups attached to an aromatic ring is 1. The highest BCUT2D eigenvalue weighted by atomic mass is 16.6. The normalized spacial score (nSPS) is 11.2. The largest absolute Gasteiger partial charge is 0.508 e. The van der Waals surface area contributed by atoms with Crippen molar-refractivity contribution < 1.29 is 19.2 Å². The number of hydrogen-bond donors (Lipinski definition) is 3. The highest BCUT2D eigenvalue weighted by Crippen LogP contribution is 2.32. The molecule has 7 heteroatoms. The van der Waals surface area contributed by atoms with Gasteiger partial charge in [0.15, 0.2) is 11.6 Å². The van der Waals surface area contributed by atoms with Crippen LogP contribution in [-0.2, 0) is 4.74 Å². The number of hydrogen-bond acceptors (Lipinski definition) is 6. The van der Waals surface area contributed by atoms with Crippen LogP contribution in [0, 0.1) is 0 Å². The maximum absolute atomic E-state index is 11.8. The number of phenolic OH excluding ortho intramolecular Hbond substituents is 1. The van der Waals surface area contributed by atoms with Gasteiger partial charge in [-0.3, -0.25) is 5.32 Å². The number of nitrogens with one attached hydrogen (secondary N) is 1.